The van der Waals surface area contributed by atoms with E-state index in [1.807, 2.05) is 13.8 Å². The van der Waals surface area contributed by atoms with Gasteiger partial charge < -0.3 is 9.30 Å². The first-order valence-corrected chi connectivity index (χ1v) is 11.2. The Balaban J connectivity index is 1.99. The zero-order valence-corrected chi connectivity index (χ0v) is 19.5. The monoisotopic (exact) mass is 475 g/mol. The van der Waals surface area contributed by atoms with E-state index in [9.17, 15) is 14.9 Å². The summed E-state index contributed by atoms with van der Waals surface area (Å²) in [5.74, 6) is -0.592. The lowest BCUT2D eigenvalue weighted by Gasteiger charge is -2.14. The van der Waals surface area contributed by atoms with Gasteiger partial charge in [-0.1, -0.05) is 29.8 Å². The van der Waals surface area contributed by atoms with Gasteiger partial charge in [0, 0.05) is 19.3 Å². The predicted octanol–water partition coefficient (Wildman–Crippen LogP) is 3.73. The number of benzene rings is 1. The summed E-state index contributed by atoms with van der Waals surface area (Å²) >= 11 is 6.19. The number of hydrogen-bond acceptors (Lipinski definition) is 5. The minimum Gasteiger partial charge on any atom is -0.379 e. The summed E-state index contributed by atoms with van der Waals surface area (Å²) in [6, 6.07) is 15.3. The normalized spacial score (nSPS) is 11.9. The van der Waals surface area contributed by atoms with Gasteiger partial charge in [-0.15, -0.1) is 0 Å². The number of rotatable bonds is 6. The molecule has 0 N–H and O–H groups in total. The van der Waals surface area contributed by atoms with E-state index in [1.54, 1.807) is 53.2 Å². The number of halogens is 1. The third-order valence-electron chi connectivity index (χ3n) is 5.20. The minimum atomic E-state index is -0.592. The van der Waals surface area contributed by atoms with E-state index in [2.05, 4.69) is 16.0 Å². The topological polar surface area (TPSA) is 102 Å². The van der Waals surface area contributed by atoms with Crippen molar-refractivity contribution in [2.75, 3.05) is 6.61 Å². The van der Waals surface area contributed by atoms with Crippen LogP contribution in [0.25, 0.3) is 16.7 Å². The van der Waals surface area contributed by atoms with Crippen molar-refractivity contribution in [2.24, 2.45) is 4.99 Å². The van der Waals surface area contributed by atoms with Gasteiger partial charge in [-0.2, -0.15) is 10.3 Å². The third-order valence-corrected chi connectivity index (χ3v) is 5.53. The van der Waals surface area contributed by atoms with E-state index < -0.39 is 5.91 Å². The highest BCUT2D eigenvalue weighted by Crippen LogP contribution is 2.16. The maximum absolute atomic E-state index is 13.2. The number of fused-ring (bicyclic) bond motifs is 2. The average molecular weight is 476 g/mol. The smallest absolute Gasteiger partial charge is 0.280 e. The molecule has 0 saturated carbocycles. The van der Waals surface area contributed by atoms with Crippen LogP contribution in [0, 0.1) is 11.3 Å². The molecule has 8 nitrogen and oxygen atoms in total. The maximum Gasteiger partial charge on any atom is 0.280 e. The number of pyridine rings is 2. The molecule has 0 bridgehead atoms. The first-order chi connectivity index (χ1) is 16.4. The summed E-state index contributed by atoms with van der Waals surface area (Å²) < 4.78 is 8.71. The molecule has 172 valence electrons. The molecular weight excluding hydrogens is 454 g/mol. The van der Waals surface area contributed by atoms with Gasteiger partial charge in [0.1, 0.15) is 17.4 Å². The molecule has 4 rings (SSSR count). The van der Waals surface area contributed by atoms with Gasteiger partial charge in [0.2, 0.25) is 0 Å². The SMILES string of the molecule is CC(C)OCCCn1c(=NC(=O)c2ccccc2Cl)c(C#N)cc2c(=O)n3ccccc3nc21. The van der Waals surface area contributed by atoms with Crippen LogP contribution in [0.4, 0.5) is 0 Å². The highest BCUT2D eigenvalue weighted by atomic mass is 35.5. The van der Waals surface area contributed by atoms with Gasteiger partial charge in [0.05, 0.1) is 27.6 Å². The Morgan fingerprint density at radius 2 is 2.00 bits per heavy atom. The molecule has 3 heterocycles. The molecule has 0 saturated heterocycles. The zero-order valence-electron chi connectivity index (χ0n) is 18.7. The molecule has 9 heteroatoms. The second kappa shape index (κ2) is 10.00. The zero-order chi connectivity index (χ0) is 24.2. The van der Waals surface area contributed by atoms with Crippen molar-refractivity contribution in [2.45, 2.75) is 32.9 Å². The largest absolute Gasteiger partial charge is 0.379 e. The predicted molar refractivity (Wildman–Crippen MR) is 129 cm³/mol. The summed E-state index contributed by atoms with van der Waals surface area (Å²) in [5.41, 5.74) is 0.900. The fourth-order valence-corrected chi connectivity index (χ4v) is 3.84. The van der Waals surface area contributed by atoms with Crippen molar-refractivity contribution in [3.8, 4) is 6.07 Å². The molecule has 0 radical (unpaired) electrons. The number of nitrogens with zero attached hydrogens (tertiary/aromatic N) is 5. The van der Waals surface area contributed by atoms with Crippen molar-refractivity contribution < 1.29 is 9.53 Å². The fraction of sp³-hybridized carbons (Fsp3) is 0.240. The molecule has 0 aliphatic rings. The highest BCUT2D eigenvalue weighted by molar-refractivity contribution is 6.33. The van der Waals surface area contributed by atoms with E-state index in [-0.39, 0.29) is 38.7 Å². The molecule has 4 aromatic rings. The van der Waals surface area contributed by atoms with Gasteiger partial charge in [-0.3, -0.25) is 14.0 Å². The van der Waals surface area contributed by atoms with Crippen LogP contribution in [-0.4, -0.2) is 32.6 Å². The van der Waals surface area contributed by atoms with Crippen molar-refractivity contribution in [3.63, 3.8) is 0 Å². The lowest BCUT2D eigenvalue weighted by molar-refractivity contribution is 0.0748. The second-order valence-electron chi connectivity index (χ2n) is 7.90. The van der Waals surface area contributed by atoms with Gasteiger partial charge in [0.15, 0.2) is 5.49 Å². The van der Waals surface area contributed by atoms with Crippen LogP contribution in [0.15, 0.2) is 64.5 Å². The second-order valence-corrected chi connectivity index (χ2v) is 8.31. The molecule has 34 heavy (non-hydrogen) atoms. The third kappa shape index (κ3) is 4.62. The molecule has 1 amide bonds. The quantitative estimate of drug-likeness (QED) is 0.312. The van der Waals surface area contributed by atoms with Crippen LogP contribution in [0.3, 0.4) is 0 Å². The lowest BCUT2D eigenvalue weighted by Crippen LogP contribution is -2.30. The van der Waals surface area contributed by atoms with Gasteiger partial charge in [-0.25, -0.2) is 4.98 Å². The summed E-state index contributed by atoms with van der Waals surface area (Å²) in [6.07, 6.45) is 2.24. The van der Waals surface area contributed by atoms with Gasteiger partial charge in [0.25, 0.3) is 11.5 Å². The molecular formula is C25H22ClN5O3. The Labute approximate surface area is 200 Å². The Kier molecular flexibility index (Phi) is 6.87. The summed E-state index contributed by atoms with van der Waals surface area (Å²) in [7, 11) is 0. The number of carbonyl (C=O) groups is 1. The highest BCUT2D eigenvalue weighted by Gasteiger charge is 2.16. The van der Waals surface area contributed by atoms with E-state index in [0.29, 0.717) is 30.9 Å². The summed E-state index contributed by atoms with van der Waals surface area (Å²) in [4.78, 5) is 35.1. The maximum atomic E-state index is 13.2. The Bertz CT molecular complexity index is 1560. The lowest BCUT2D eigenvalue weighted by atomic mass is 10.2. The Morgan fingerprint density at radius 3 is 2.74 bits per heavy atom. The van der Waals surface area contributed by atoms with Crippen LogP contribution >= 0.6 is 11.6 Å². The van der Waals surface area contributed by atoms with Crippen LogP contribution in [0.1, 0.15) is 36.2 Å². The minimum absolute atomic E-state index is 0.0601. The molecule has 0 aliphatic heterocycles. The van der Waals surface area contributed by atoms with Crippen molar-refractivity contribution >= 4 is 34.2 Å². The van der Waals surface area contributed by atoms with Crippen LogP contribution < -0.4 is 11.0 Å². The number of ether oxygens (including phenoxy) is 1. The standard InChI is InChI=1S/C25H22ClN5O3/c1-16(2)34-13-7-12-31-22(29-24(32)18-8-3-4-9-20(18)26)17(15-27)14-19-23(31)28-21-10-5-6-11-30(21)25(19)33/h3-6,8-11,14,16H,7,12-13H2,1-2H3. The molecule has 0 atom stereocenters. The number of amides is 1. The first kappa shape index (κ1) is 23.4. The fourth-order valence-electron chi connectivity index (χ4n) is 3.63. The number of nitriles is 1. The number of aryl methyl sites for hydroxylation is 1. The van der Waals surface area contributed by atoms with Gasteiger partial charge >= 0.3 is 0 Å². The Morgan fingerprint density at radius 1 is 1.24 bits per heavy atom. The molecule has 1 aromatic carbocycles. The van der Waals surface area contributed by atoms with Crippen molar-refractivity contribution in [1.82, 2.24) is 14.0 Å². The van der Waals surface area contributed by atoms with Gasteiger partial charge in [-0.05, 0) is 50.6 Å². The van der Waals surface area contributed by atoms with E-state index in [4.69, 9.17) is 16.3 Å². The van der Waals surface area contributed by atoms with Crippen LogP contribution in [-0.2, 0) is 11.3 Å². The average Bonchev–Trinajstić information content (AvgIpc) is 2.83. The van der Waals surface area contributed by atoms with E-state index in [1.165, 1.54) is 10.5 Å². The van der Waals surface area contributed by atoms with E-state index in [0.717, 1.165) is 0 Å². The number of aromatic nitrogens is 3. The first-order valence-electron chi connectivity index (χ1n) is 10.8. The van der Waals surface area contributed by atoms with Crippen molar-refractivity contribution in [1.29, 1.82) is 5.26 Å². The number of carbonyl (C=O) groups excluding carboxylic acids is 1. The summed E-state index contributed by atoms with van der Waals surface area (Å²) in [6.45, 7) is 4.67. The van der Waals surface area contributed by atoms with Crippen LogP contribution in [0.5, 0.6) is 0 Å². The molecule has 0 unspecified atom stereocenters. The molecule has 0 spiro atoms. The number of hydrogen-bond donors (Lipinski definition) is 0. The van der Waals surface area contributed by atoms with Crippen molar-refractivity contribution in [3.05, 3.63) is 86.7 Å². The van der Waals surface area contributed by atoms with Crippen LogP contribution in [0.2, 0.25) is 5.02 Å². The summed E-state index contributed by atoms with van der Waals surface area (Å²) in [5, 5.41) is 10.4. The molecule has 3 aromatic heterocycles. The Hall–Kier alpha value is -3.80. The molecule has 0 aliphatic carbocycles. The van der Waals surface area contributed by atoms with E-state index >= 15 is 0 Å². The molecule has 0 fully saturated rings.